The first-order valence-electron chi connectivity index (χ1n) is 14.6. The fraction of sp³-hybridized carbons (Fsp3) is 0.677. The molecule has 4 fully saturated rings. The van der Waals surface area contributed by atoms with Crippen molar-refractivity contribution in [2.24, 2.45) is 11.8 Å². The lowest BCUT2D eigenvalue weighted by atomic mass is 9.97. The van der Waals surface area contributed by atoms with Gasteiger partial charge in [-0.2, -0.15) is 0 Å². The lowest BCUT2D eigenvalue weighted by molar-refractivity contribution is -0.126. The smallest absolute Gasteiger partial charge is 0.411 e. The molecule has 2 aliphatic carbocycles. The van der Waals surface area contributed by atoms with Gasteiger partial charge in [-0.1, -0.05) is 18.2 Å². The van der Waals surface area contributed by atoms with Crippen molar-refractivity contribution in [3.63, 3.8) is 0 Å². The van der Waals surface area contributed by atoms with Crippen LogP contribution < -0.4 is 10.2 Å². The van der Waals surface area contributed by atoms with Crippen LogP contribution >= 0.6 is 0 Å². The zero-order valence-corrected chi connectivity index (χ0v) is 24.1. The van der Waals surface area contributed by atoms with Crippen molar-refractivity contribution in [3.8, 4) is 0 Å². The molecule has 7 heteroatoms. The Morgan fingerprint density at radius 1 is 1.13 bits per heavy atom. The van der Waals surface area contributed by atoms with Gasteiger partial charge in [-0.15, -0.1) is 0 Å². The summed E-state index contributed by atoms with van der Waals surface area (Å²) >= 11 is 0. The van der Waals surface area contributed by atoms with Crippen molar-refractivity contribution < 1.29 is 14.3 Å². The number of nitrogens with one attached hydrogen (secondary N) is 1. The van der Waals surface area contributed by atoms with Crippen molar-refractivity contribution >= 4 is 23.8 Å². The Labute approximate surface area is 228 Å². The minimum atomic E-state index is -0.580. The van der Waals surface area contributed by atoms with Crippen molar-refractivity contribution in [2.45, 2.75) is 96.0 Å². The van der Waals surface area contributed by atoms with Gasteiger partial charge < -0.3 is 19.9 Å². The van der Waals surface area contributed by atoms with Gasteiger partial charge in [-0.05, 0) is 121 Å². The largest absolute Gasteiger partial charge is 0.444 e. The summed E-state index contributed by atoms with van der Waals surface area (Å²) in [6, 6.07) is 6.72. The van der Waals surface area contributed by atoms with E-state index in [1.807, 2.05) is 20.8 Å². The summed E-state index contributed by atoms with van der Waals surface area (Å²) in [5.41, 5.74) is 2.93. The molecule has 0 aromatic heterocycles. The number of nitrogens with zero attached hydrogens (tertiary/aromatic N) is 3. The van der Waals surface area contributed by atoms with E-state index in [1.165, 1.54) is 36.9 Å². The Kier molecular flexibility index (Phi) is 7.51. The molecule has 4 aliphatic rings. The van der Waals surface area contributed by atoms with Gasteiger partial charge >= 0.3 is 6.09 Å². The first kappa shape index (κ1) is 27.0. The van der Waals surface area contributed by atoms with Gasteiger partial charge in [0.25, 0.3) is 0 Å². The maximum absolute atomic E-state index is 13.5. The number of carbonyl (C=O) groups is 2. The second-order valence-electron chi connectivity index (χ2n) is 13.1. The van der Waals surface area contributed by atoms with E-state index < -0.39 is 11.6 Å². The maximum Gasteiger partial charge on any atom is 0.411 e. The number of amides is 2. The molecule has 1 aromatic rings. The number of carbonyl (C=O) groups excluding carboxylic acids is 2. The maximum atomic E-state index is 13.5. The Balaban J connectivity index is 1.31. The van der Waals surface area contributed by atoms with Crippen LogP contribution in [0.5, 0.6) is 0 Å². The first-order valence-corrected chi connectivity index (χ1v) is 14.6. The SMILES string of the molecule is C[C@H](NC(=O)[C@@H]1C[C@H]2C[C@H]2N1C(=O)OC(C)(C)C)c1ccc(N(C)C2CCN(C)CC2)cc1/C=C/C1CC1. The van der Waals surface area contributed by atoms with Crippen LogP contribution in [0.15, 0.2) is 24.3 Å². The minimum Gasteiger partial charge on any atom is -0.444 e. The van der Waals surface area contributed by atoms with E-state index in [9.17, 15) is 9.59 Å². The Morgan fingerprint density at radius 2 is 1.84 bits per heavy atom. The van der Waals surface area contributed by atoms with Crippen LogP contribution in [-0.4, -0.2) is 72.7 Å². The monoisotopic (exact) mass is 522 g/mol. The molecule has 2 heterocycles. The molecule has 2 saturated heterocycles. The van der Waals surface area contributed by atoms with Gasteiger partial charge in [0.15, 0.2) is 0 Å². The van der Waals surface area contributed by atoms with E-state index in [0.717, 1.165) is 31.5 Å². The van der Waals surface area contributed by atoms with Crippen LogP contribution in [0.2, 0.25) is 0 Å². The number of ether oxygens (including phenoxy) is 1. The molecule has 38 heavy (non-hydrogen) atoms. The molecule has 2 amide bonds. The van der Waals surface area contributed by atoms with Crippen LogP contribution in [0.1, 0.15) is 83.4 Å². The standard InChI is InChI=1S/C31H46N4O3/c1-20(32-29(36)28-19-23-18-27(23)35(28)30(37)38-31(2,3)4)26-12-11-25(17-22(26)10-9-21-7-8-21)34(6)24-13-15-33(5)16-14-24/h9-12,17,20-21,23-24,27-28H,7-8,13-16,18-19H2,1-6H3,(H,32,36)/b10-9+/t20-,23+,27+,28-/m0/s1. The molecule has 2 saturated carbocycles. The highest BCUT2D eigenvalue weighted by atomic mass is 16.6. The van der Waals surface area contributed by atoms with Gasteiger partial charge in [0.1, 0.15) is 11.6 Å². The summed E-state index contributed by atoms with van der Waals surface area (Å²) in [6.07, 6.45) is 10.8. The average Bonchev–Trinajstić information content (AvgIpc) is 3.79. The highest BCUT2D eigenvalue weighted by molar-refractivity contribution is 5.87. The average molecular weight is 523 g/mol. The molecule has 7 nitrogen and oxygen atoms in total. The number of rotatable bonds is 7. The minimum absolute atomic E-state index is 0.0831. The molecule has 0 unspecified atom stereocenters. The summed E-state index contributed by atoms with van der Waals surface area (Å²) < 4.78 is 5.65. The van der Waals surface area contributed by atoms with Gasteiger partial charge in [0.2, 0.25) is 5.91 Å². The molecule has 5 rings (SSSR count). The van der Waals surface area contributed by atoms with Crippen LogP contribution in [0.3, 0.4) is 0 Å². The van der Waals surface area contributed by atoms with Gasteiger partial charge in [-0.25, -0.2) is 4.79 Å². The Morgan fingerprint density at radius 3 is 2.50 bits per heavy atom. The molecule has 4 atom stereocenters. The van der Waals surface area contributed by atoms with E-state index in [-0.39, 0.29) is 24.1 Å². The summed E-state index contributed by atoms with van der Waals surface area (Å²) in [7, 11) is 4.41. The highest BCUT2D eigenvalue weighted by Gasteiger charge is 2.57. The zero-order chi connectivity index (χ0) is 27.2. The zero-order valence-electron chi connectivity index (χ0n) is 24.1. The summed E-state index contributed by atoms with van der Waals surface area (Å²) in [4.78, 5) is 32.9. The predicted octanol–water partition coefficient (Wildman–Crippen LogP) is 5.22. The summed E-state index contributed by atoms with van der Waals surface area (Å²) in [6.45, 7) is 9.92. The normalized spacial score (nSPS) is 26.8. The van der Waals surface area contributed by atoms with Crippen molar-refractivity contribution in [3.05, 3.63) is 35.4 Å². The Hall–Kier alpha value is -2.54. The number of benzene rings is 1. The van der Waals surface area contributed by atoms with Crippen molar-refractivity contribution in [1.29, 1.82) is 0 Å². The summed E-state index contributed by atoms with van der Waals surface area (Å²) in [5, 5.41) is 3.25. The molecule has 0 spiro atoms. The topological polar surface area (TPSA) is 65.1 Å². The number of anilines is 1. The van der Waals surface area contributed by atoms with E-state index in [4.69, 9.17) is 4.74 Å². The number of piperidine rings is 2. The quantitative estimate of drug-likeness (QED) is 0.532. The third-order valence-electron chi connectivity index (χ3n) is 8.72. The lowest BCUT2D eigenvalue weighted by Crippen LogP contribution is -2.49. The fourth-order valence-corrected chi connectivity index (χ4v) is 6.10. The Bertz CT molecular complexity index is 1070. The number of hydrogen-bond acceptors (Lipinski definition) is 5. The van der Waals surface area contributed by atoms with Gasteiger partial charge in [0, 0.05) is 24.8 Å². The molecule has 0 radical (unpaired) electrons. The molecule has 208 valence electrons. The van der Waals surface area contributed by atoms with Crippen LogP contribution in [0.25, 0.3) is 6.08 Å². The van der Waals surface area contributed by atoms with Crippen LogP contribution in [-0.2, 0) is 9.53 Å². The van der Waals surface area contributed by atoms with Crippen molar-refractivity contribution in [2.75, 3.05) is 32.1 Å². The second kappa shape index (κ2) is 10.6. The highest BCUT2D eigenvalue weighted by Crippen LogP contribution is 2.48. The third-order valence-corrected chi connectivity index (χ3v) is 8.72. The predicted molar refractivity (Wildman–Crippen MR) is 152 cm³/mol. The first-order chi connectivity index (χ1) is 18.0. The molecule has 2 aliphatic heterocycles. The summed E-state index contributed by atoms with van der Waals surface area (Å²) in [5.74, 6) is 1.01. The molecular weight excluding hydrogens is 476 g/mol. The van der Waals surface area contributed by atoms with Crippen molar-refractivity contribution in [1.82, 2.24) is 15.1 Å². The molecule has 1 aromatic carbocycles. The second-order valence-corrected chi connectivity index (χ2v) is 13.1. The van der Waals surface area contributed by atoms with Gasteiger partial charge in [-0.3, -0.25) is 9.69 Å². The lowest BCUT2D eigenvalue weighted by Gasteiger charge is -2.36. The fourth-order valence-electron chi connectivity index (χ4n) is 6.10. The van der Waals surface area contributed by atoms with Crippen LogP contribution in [0, 0.1) is 11.8 Å². The number of allylic oxidation sites excluding steroid dienone is 1. The van der Waals surface area contributed by atoms with E-state index in [1.54, 1.807) is 4.90 Å². The number of fused-ring (bicyclic) bond motifs is 1. The number of likely N-dealkylation sites (tertiary alicyclic amines) is 2. The van der Waals surface area contributed by atoms with E-state index >= 15 is 0 Å². The molecule has 1 N–H and O–H groups in total. The molecule has 0 bridgehead atoms. The third kappa shape index (κ3) is 6.19. The van der Waals surface area contributed by atoms with Crippen LogP contribution in [0.4, 0.5) is 10.5 Å². The van der Waals surface area contributed by atoms with E-state index in [2.05, 4.69) is 66.5 Å². The number of hydrogen-bond donors (Lipinski definition) is 1. The molecular formula is C31H46N4O3. The van der Waals surface area contributed by atoms with E-state index in [0.29, 0.717) is 17.9 Å². The van der Waals surface area contributed by atoms with Gasteiger partial charge in [0.05, 0.1) is 6.04 Å².